The molecule has 1 aliphatic rings. The monoisotopic (exact) mass is 477 g/mol. The number of benzene rings is 2. The van der Waals surface area contributed by atoms with Crippen molar-refractivity contribution >= 4 is 21.8 Å². The van der Waals surface area contributed by atoms with E-state index in [2.05, 4.69) is 10.9 Å². The van der Waals surface area contributed by atoms with E-state index in [9.17, 15) is 18.0 Å². The van der Waals surface area contributed by atoms with Crippen molar-refractivity contribution in [3.05, 3.63) is 53.6 Å². The Morgan fingerprint density at radius 2 is 1.45 bits per heavy atom. The molecule has 1 saturated heterocycles. The van der Waals surface area contributed by atoms with E-state index in [-0.39, 0.29) is 41.3 Å². The van der Waals surface area contributed by atoms with Gasteiger partial charge < -0.3 is 14.2 Å². The first kappa shape index (κ1) is 24.5. The summed E-state index contributed by atoms with van der Waals surface area (Å²) < 4.78 is 43.4. The zero-order valence-corrected chi connectivity index (χ0v) is 19.6. The van der Waals surface area contributed by atoms with E-state index in [1.807, 2.05) is 13.8 Å². The Morgan fingerprint density at radius 1 is 0.909 bits per heavy atom. The van der Waals surface area contributed by atoms with Crippen LogP contribution in [-0.4, -0.2) is 64.1 Å². The number of nitrogens with zero attached hydrogens (tertiary/aromatic N) is 1. The molecule has 1 heterocycles. The number of methoxy groups -OCH3 is 2. The molecule has 0 unspecified atom stereocenters. The van der Waals surface area contributed by atoms with Crippen molar-refractivity contribution in [3.8, 4) is 11.5 Å². The second kappa shape index (κ2) is 10.2. The first-order valence-corrected chi connectivity index (χ1v) is 11.7. The van der Waals surface area contributed by atoms with Crippen molar-refractivity contribution < 1.29 is 32.2 Å². The molecule has 33 heavy (non-hydrogen) atoms. The van der Waals surface area contributed by atoms with Gasteiger partial charge in [-0.2, -0.15) is 4.31 Å². The van der Waals surface area contributed by atoms with Gasteiger partial charge in [0.25, 0.3) is 11.8 Å². The lowest BCUT2D eigenvalue weighted by Crippen LogP contribution is -2.48. The maximum Gasteiger partial charge on any atom is 0.269 e. The zero-order valence-electron chi connectivity index (χ0n) is 18.8. The van der Waals surface area contributed by atoms with E-state index in [0.717, 1.165) is 0 Å². The van der Waals surface area contributed by atoms with Crippen LogP contribution in [0.5, 0.6) is 11.5 Å². The average molecular weight is 478 g/mol. The van der Waals surface area contributed by atoms with Crippen molar-refractivity contribution in [2.24, 2.45) is 0 Å². The Bertz CT molecular complexity index is 1100. The molecule has 2 N–H and O–H groups in total. The average Bonchev–Trinajstić information content (AvgIpc) is 2.81. The number of hydrogen-bond acceptors (Lipinski definition) is 7. The first-order valence-electron chi connectivity index (χ1n) is 10.2. The molecule has 2 aromatic rings. The predicted octanol–water partition coefficient (Wildman–Crippen LogP) is 1.58. The van der Waals surface area contributed by atoms with Crippen LogP contribution in [0, 0.1) is 0 Å². The van der Waals surface area contributed by atoms with E-state index in [1.54, 1.807) is 6.07 Å². The minimum atomic E-state index is -3.82. The molecule has 2 aromatic carbocycles. The SMILES string of the molecule is COc1cc(OC)cc(C(=O)NNC(=O)c2cccc(S(=O)(=O)N3C[C@H](C)O[C@@H](C)C3)c2)c1. The number of amides is 2. The third kappa shape index (κ3) is 5.81. The van der Waals surface area contributed by atoms with E-state index in [0.29, 0.717) is 11.5 Å². The summed E-state index contributed by atoms with van der Waals surface area (Å²) in [4.78, 5) is 25.0. The molecule has 0 aliphatic carbocycles. The predicted molar refractivity (Wildman–Crippen MR) is 120 cm³/mol. The summed E-state index contributed by atoms with van der Waals surface area (Å²) >= 11 is 0. The van der Waals surface area contributed by atoms with Crippen molar-refractivity contribution in [1.82, 2.24) is 15.2 Å². The molecular formula is C22H27N3O7S. The van der Waals surface area contributed by atoms with Gasteiger partial charge >= 0.3 is 0 Å². The summed E-state index contributed by atoms with van der Waals surface area (Å²) in [6, 6.07) is 10.2. The van der Waals surface area contributed by atoms with Crippen LogP contribution in [0.4, 0.5) is 0 Å². The Morgan fingerprint density at radius 3 is 2.00 bits per heavy atom. The van der Waals surface area contributed by atoms with Crippen LogP contribution in [0.15, 0.2) is 47.4 Å². The van der Waals surface area contributed by atoms with Crippen LogP contribution in [-0.2, 0) is 14.8 Å². The molecule has 0 spiro atoms. The second-order valence-electron chi connectivity index (χ2n) is 7.62. The molecule has 0 bridgehead atoms. The zero-order chi connectivity index (χ0) is 24.2. The Balaban J connectivity index is 1.72. The van der Waals surface area contributed by atoms with Crippen molar-refractivity contribution in [1.29, 1.82) is 0 Å². The summed E-state index contributed by atoms with van der Waals surface area (Å²) in [5, 5.41) is 0. The molecule has 0 aromatic heterocycles. The Kier molecular flexibility index (Phi) is 7.57. The van der Waals surface area contributed by atoms with Crippen LogP contribution >= 0.6 is 0 Å². The lowest BCUT2D eigenvalue weighted by atomic mass is 10.2. The van der Waals surface area contributed by atoms with E-state index in [1.165, 1.54) is 54.9 Å². The van der Waals surface area contributed by atoms with Gasteiger partial charge in [0.1, 0.15) is 11.5 Å². The summed E-state index contributed by atoms with van der Waals surface area (Å²) in [7, 11) is -0.904. The van der Waals surface area contributed by atoms with E-state index >= 15 is 0 Å². The maximum absolute atomic E-state index is 13.1. The number of rotatable bonds is 6. The summed E-state index contributed by atoms with van der Waals surface area (Å²) in [5.41, 5.74) is 4.89. The topological polar surface area (TPSA) is 123 Å². The quantitative estimate of drug-likeness (QED) is 0.606. The lowest BCUT2D eigenvalue weighted by molar-refractivity contribution is -0.0440. The molecule has 1 aliphatic heterocycles. The third-order valence-electron chi connectivity index (χ3n) is 5.02. The van der Waals surface area contributed by atoms with Gasteiger partial charge in [-0.1, -0.05) is 6.07 Å². The molecule has 3 rings (SSSR count). The number of hydrogen-bond donors (Lipinski definition) is 2. The van der Waals surface area contributed by atoms with E-state index in [4.69, 9.17) is 14.2 Å². The molecule has 1 fully saturated rings. The van der Waals surface area contributed by atoms with Crippen LogP contribution in [0.3, 0.4) is 0 Å². The van der Waals surface area contributed by atoms with Crippen LogP contribution in [0.2, 0.25) is 0 Å². The van der Waals surface area contributed by atoms with E-state index < -0.39 is 21.8 Å². The van der Waals surface area contributed by atoms with Crippen LogP contribution in [0.1, 0.15) is 34.6 Å². The third-order valence-corrected chi connectivity index (χ3v) is 6.85. The fraction of sp³-hybridized carbons (Fsp3) is 0.364. The van der Waals surface area contributed by atoms with Crippen molar-refractivity contribution in [2.75, 3.05) is 27.3 Å². The fourth-order valence-electron chi connectivity index (χ4n) is 3.47. The number of carbonyl (C=O) groups is 2. The smallest absolute Gasteiger partial charge is 0.269 e. The fourth-order valence-corrected chi connectivity index (χ4v) is 5.11. The minimum Gasteiger partial charge on any atom is -0.497 e. The molecule has 0 saturated carbocycles. The largest absolute Gasteiger partial charge is 0.497 e. The lowest BCUT2D eigenvalue weighted by Gasteiger charge is -2.34. The molecule has 10 nitrogen and oxygen atoms in total. The highest BCUT2D eigenvalue weighted by molar-refractivity contribution is 7.89. The minimum absolute atomic E-state index is 0.0136. The number of ether oxygens (including phenoxy) is 3. The molecular weight excluding hydrogens is 450 g/mol. The second-order valence-corrected chi connectivity index (χ2v) is 9.55. The molecule has 11 heteroatoms. The van der Waals surface area contributed by atoms with Crippen molar-refractivity contribution in [3.63, 3.8) is 0 Å². The highest BCUT2D eigenvalue weighted by Gasteiger charge is 2.32. The Hall–Kier alpha value is -3.15. The molecule has 178 valence electrons. The van der Waals surface area contributed by atoms with Gasteiger partial charge in [-0.15, -0.1) is 0 Å². The van der Waals surface area contributed by atoms with Gasteiger partial charge in [-0.05, 0) is 44.2 Å². The number of sulfonamides is 1. The molecule has 2 atom stereocenters. The standard InChI is InChI=1S/C22H27N3O7S/c1-14-12-25(13-15(2)32-14)33(28,29)20-7-5-6-16(10-20)21(26)23-24-22(27)17-8-18(30-3)11-19(9-17)31-4/h5-11,14-15H,12-13H2,1-4H3,(H,23,26)(H,24,27)/t14-,15-/m0/s1. The normalized spacial score (nSPS) is 18.9. The molecule has 2 amide bonds. The highest BCUT2D eigenvalue weighted by Crippen LogP contribution is 2.23. The van der Waals surface area contributed by atoms with Gasteiger partial charge in [0.15, 0.2) is 0 Å². The van der Waals surface area contributed by atoms with Gasteiger partial charge in [-0.3, -0.25) is 20.4 Å². The first-order chi connectivity index (χ1) is 15.6. The maximum atomic E-state index is 13.1. The van der Waals surface area contributed by atoms with Crippen LogP contribution < -0.4 is 20.3 Å². The van der Waals surface area contributed by atoms with Crippen molar-refractivity contribution in [2.45, 2.75) is 31.0 Å². The van der Waals surface area contributed by atoms with Gasteiger partial charge in [0.05, 0.1) is 31.3 Å². The number of carbonyl (C=O) groups excluding carboxylic acids is 2. The Labute approximate surface area is 192 Å². The number of nitrogens with one attached hydrogen (secondary N) is 2. The van der Waals surface area contributed by atoms with Gasteiger partial charge in [0.2, 0.25) is 10.0 Å². The molecule has 0 radical (unpaired) electrons. The van der Waals surface area contributed by atoms with Gasteiger partial charge in [0, 0.05) is 30.3 Å². The highest BCUT2D eigenvalue weighted by atomic mass is 32.2. The van der Waals surface area contributed by atoms with Crippen LogP contribution in [0.25, 0.3) is 0 Å². The number of hydrazine groups is 1. The summed E-state index contributed by atoms with van der Waals surface area (Å²) in [6.45, 7) is 4.07. The van der Waals surface area contributed by atoms with Gasteiger partial charge in [-0.25, -0.2) is 8.42 Å². The summed E-state index contributed by atoms with van der Waals surface area (Å²) in [6.07, 6.45) is -0.471. The number of morpholine rings is 1. The summed E-state index contributed by atoms with van der Waals surface area (Å²) in [5.74, 6) is -0.439.